The summed E-state index contributed by atoms with van der Waals surface area (Å²) in [5.41, 5.74) is 9.58. The Morgan fingerprint density at radius 3 is 2.30 bits per heavy atom. The molecule has 0 bridgehead atoms. The number of halogens is 1. The lowest BCUT2D eigenvalue weighted by Gasteiger charge is -2.10. The molecule has 0 saturated heterocycles. The van der Waals surface area contributed by atoms with Gasteiger partial charge in [-0.05, 0) is 60.7 Å². The Morgan fingerprint density at radius 2 is 1.74 bits per heavy atom. The first kappa shape index (κ1) is 17.2. The van der Waals surface area contributed by atoms with Crippen LogP contribution in [-0.2, 0) is 0 Å². The molecule has 0 spiro atoms. The van der Waals surface area contributed by atoms with Crippen LogP contribution in [0.5, 0.6) is 11.5 Å². The van der Waals surface area contributed by atoms with Crippen LogP contribution in [0, 0.1) is 0 Å². The van der Waals surface area contributed by atoms with Crippen molar-refractivity contribution in [1.29, 1.82) is 0 Å². The normalized spacial score (nSPS) is 11.0. The summed E-state index contributed by atoms with van der Waals surface area (Å²) in [6.07, 6.45) is 0. The maximum absolute atomic E-state index is 5.76. The van der Waals surface area contributed by atoms with Crippen LogP contribution in [0.2, 0.25) is 0 Å². The van der Waals surface area contributed by atoms with E-state index in [1.54, 1.807) is 7.11 Å². The van der Waals surface area contributed by atoms with Crippen molar-refractivity contribution in [2.75, 3.05) is 13.7 Å². The minimum absolute atomic E-state index is 0.0969. The van der Waals surface area contributed by atoms with Crippen LogP contribution in [0.4, 0.5) is 0 Å². The molecule has 2 aromatic carbocycles. The quantitative estimate of drug-likeness (QED) is 0.448. The van der Waals surface area contributed by atoms with E-state index < -0.39 is 0 Å². The van der Waals surface area contributed by atoms with Gasteiger partial charge in [0, 0.05) is 10.0 Å². The van der Waals surface area contributed by atoms with Crippen molar-refractivity contribution in [3.8, 4) is 11.5 Å². The average molecular weight is 394 g/mol. The Morgan fingerprint density at radius 1 is 1.13 bits per heavy atom. The van der Waals surface area contributed by atoms with Crippen LogP contribution >= 0.6 is 28.1 Å². The Kier molecular flexibility index (Phi) is 6.37. The van der Waals surface area contributed by atoms with Crippen LogP contribution < -0.4 is 20.6 Å². The number of hydrazone groups is 1. The van der Waals surface area contributed by atoms with E-state index >= 15 is 0 Å². The minimum Gasteiger partial charge on any atom is -0.497 e. The van der Waals surface area contributed by atoms with Crippen molar-refractivity contribution in [1.82, 2.24) is 5.43 Å². The molecule has 0 radical (unpaired) electrons. The molecular formula is C16H16BrN3O2S. The number of hydrogen-bond donors (Lipinski definition) is 2. The zero-order valence-electron chi connectivity index (χ0n) is 12.5. The highest BCUT2D eigenvalue weighted by Gasteiger charge is 2.06. The number of nitrogens with zero attached hydrogens (tertiary/aromatic N) is 1. The molecule has 2 aromatic rings. The number of rotatable bonds is 6. The first-order chi connectivity index (χ1) is 11.1. The molecule has 0 saturated carbocycles. The molecule has 23 heavy (non-hydrogen) atoms. The second-order valence-corrected chi connectivity index (χ2v) is 5.86. The maximum atomic E-state index is 5.76. The molecule has 0 amide bonds. The monoisotopic (exact) mass is 393 g/mol. The van der Waals surface area contributed by atoms with Gasteiger partial charge >= 0.3 is 0 Å². The number of thiocarbonyl (C=S) groups is 1. The number of nitrogens with two attached hydrogens (primary N) is 1. The lowest BCUT2D eigenvalue weighted by atomic mass is 10.1. The number of ether oxygens (including phenoxy) is 2. The first-order valence-electron chi connectivity index (χ1n) is 6.73. The van der Waals surface area contributed by atoms with Gasteiger partial charge in [-0.1, -0.05) is 15.9 Å². The lowest BCUT2D eigenvalue weighted by Crippen LogP contribution is -2.27. The van der Waals surface area contributed by atoms with Gasteiger partial charge in [-0.15, -0.1) is 0 Å². The molecule has 0 fully saturated rings. The topological polar surface area (TPSA) is 68.9 Å². The van der Waals surface area contributed by atoms with E-state index in [1.807, 2.05) is 48.5 Å². The molecule has 0 heterocycles. The Hall–Kier alpha value is -2.12. The molecule has 3 N–H and O–H groups in total. The molecule has 0 unspecified atom stereocenters. The standard InChI is InChI=1S/C16H16BrN3O2S/c1-21-13-6-2-11(3-7-13)15(19-20-16(18)23)10-22-14-8-4-12(17)5-9-14/h2-9H,10H2,1H3,(H3,18,20,23)/b19-15-. The Bertz CT molecular complexity index is 687. The van der Waals surface area contributed by atoms with Crippen molar-refractivity contribution >= 4 is 39.0 Å². The second kappa shape index (κ2) is 8.50. The van der Waals surface area contributed by atoms with Gasteiger partial charge in [0.05, 0.1) is 7.11 Å². The Labute approximate surface area is 148 Å². The summed E-state index contributed by atoms with van der Waals surface area (Å²) in [7, 11) is 1.62. The lowest BCUT2D eigenvalue weighted by molar-refractivity contribution is 0.376. The van der Waals surface area contributed by atoms with E-state index in [9.17, 15) is 0 Å². The zero-order valence-corrected chi connectivity index (χ0v) is 14.9. The molecule has 0 aliphatic heterocycles. The second-order valence-electron chi connectivity index (χ2n) is 4.51. The molecule has 0 atom stereocenters. The fraction of sp³-hybridized carbons (Fsp3) is 0.125. The predicted octanol–water partition coefficient (Wildman–Crippen LogP) is 3.07. The summed E-state index contributed by atoms with van der Waals surface area (Å²) < 4.78 is 11.9. The van der Waals surface area contributed by atoms with Crippen LogP contribution in [0.3, 0.4) is 0 Å². The van der Waals surface area contributed by atoms with E-state index in [4.69, 9.17) is 27.4 Å². The largest absolute Gasteiger partial charge is 0.497 e. The molecule has 0 aromatic heterocycles. The highest BCUT2D eigenvalue weighted by atomic mass is 79.9. The van der Waals surface area contributed by atoms with Gasteiger partial charge in [-0.25, -0.2) is 0 Å². The third-order valence-electron chi connectivity index (χ3n) is 2.91. The van der Waals surface area contributed by atoms with E-state index in [-0.39, 0.29) is 11.7 Å². The van der Waals surface area contributed by atoms with Crippen LogP contribution in [0.15, 0.2) is 58.1 Å². The minimum atomic E-state index is 0.0969. The molecule has 120 valence electrons. The summed E-state index contributed by atoms with van der Waals surface area (Å²) in [5, 5.41) is 4.30. The molecular weight excluding hydrogens is 378 g/mol. The van der Waals surface area contributed by atoms with Gasteiger partial charge in [0.25, 0.3) is 0 Å². The molecule has 7 heteroatoms. The SMILES string of the molecule is COc1ccc(/C(COc2ccc(Br)cc2)=N\NC(N)=S)cc1. The van der Waals surface area contributed by atoms with Gasteiger partial charge in [-0.3, -0.25) is 5.43 Å². The van der Waals surface area contributed by atoms with Crippen molar-refractivity contribution in [3.05, 3.63) is 58.6 Å². The van der Waals surface area contributed by atoms with E-state index in [0.717, 1.165) is 21.5 Å². The zero-order chi connectivity index (χ0) is 16.7. The maximum Gasteiger partial charge on any atom is 0.184 e. The van der Waals surface area contributed by atoms with Crippen molar-refractivity contribution in [2.24, 2.45) is 10.8 Å². The smallest absolute Gasteiger partial charge is 0.184 e. The summed E-state index contributed by atoms with van der Waals surface area (Å²) in [5.74, 6) is 1.51. The fourth-order valence-corrected chi connectivity index (χ4v) is 2.08. The number of benzene rings is 2. The van der Waals surface area contributed by atoms with Gasteiger partial charge in [0.15, 0.2) is 5.11 Å². The van der Waals surface area contributed by atoms with Crippen molar-refractivity contribution in [3.63, 3.8) is 0 Å². The summed E-state index contributed by atoms with van der Waals surface area (Å²) in [4.78, 5) is 0. The van der Waals surface area contributed by atoms with E-state index in [1.165, 1.54) is 0 Å². The van der Waals surface area contributed by atoms with Gasteiger partial charge in [0.2, 0.25) is 0 Å². The summed E-state index contributed by atoms with van der Waals surface area (Å²) in [6.45, 7) is 0.267. The van der Waals surface area contributed by atoms with Crippen LogP contribution in [0.25, 0.3) is 0 Å². The number of methoxy groups -OCH3 is 1. The Balaban J connectivity index is 2.14. The molecule has 0 aliphatic rings. The third kappa shape index (κ3) is 5.54. The third-order valence-corrected chi connectivity index (χ3v) is 3.53. The van der Waals surface area contributed by atoms with Gasteiger partial charge in [-0.2, -0.15) is 5.10 Å². The van der Waals surface area contributed by atoms with Crippen LogP contribution in [-0.4, -0.2) is 24.5 Å². The highest BCUT2D eigenvalue weighted by Crippen LogP contribution is 2.17. The summed E-state index contributed by atoms with van der Waals surface area (Å²) >= 11 is 8.18. The van der Waals surface area contributed by atoms with Crippen LogP contribution in [0.1, 0.15) is 5.56 Å². The average Bonchev–Trinajstić information content (AvgIpc) is 2.56. The molecule has 0 aliphatic carbocycles. The van der Waals surface area contributed by atoms with Gasteiger partial charge < -0.3 is 15.2 Å². The molecule has 5 nitrogen and oxygen atoms in total. The predicted molar refractivity (Wildman–Crippen MR) is 99.1 cm³/mol. The first-order valence-corrected chi connectivity index (χ1v) is 7.93. The number of nitrogens with one attached hydrogen (secondary N) is 1. The van der Waals surface area contributed by atoms with E-state index in [0.29, 0.717) is 5.71 Å². The fourth-order valence-electron chi connectivity index (χ4n) is 1.77. The highest BCUT2D eigenvalue weighted by molar-refractivity contribution is 9.10. The van der Waals surface area contributed by atoms with Crippen molar-refractivity contribution < 1.29 is 9.47 Å². The number of hydrogen-bond acceptors (Lipinski definition) is 4. The van der Waals surface area contributed by atoms with E-state index in [2.05, 4.69) is 26.5 Å². The molecule has 2 rings (SSSR count). The van der Waals surface area contributed by atoms with Crippen molar-refractivity contribution in [2.45, 2.75) is 0 Å². The summed E-state index contributed by atoms with van der Waals surface area (Å²) in [6, 6.07) is 15.1. The van der Waals surface area contributed by atoms with Gasteiger partial charge in [0.1, 0.15) is 23.8 Å².